The van der Waals surface area contributed by atoms with Crippen LogP contribution < -0.4 is 5.32 Å². The topological polar surface area (TPSA) is 95.9 Å². The lowest BCUT2D eigenvalue weighted by Crippen LogP contribution is -2.47. The number of aliphatic carboxylic acids is 1. The van der Waals surface area contributed by atoms with E-state index in [2.05, 4.69) is 10.1 Å². The second-order valence-corrected chi connectivity index (χ2v) is 4.85. The SMILES string of the molecule is CCCN(CC(=O)OC)C(=O)NCC(C)(C)C(=O)O. The lowest BCUT2D eigenvalue weighted by Gasteiger charge is -2.24. The van der Waals surface area contributed by atoms with E-state index < -0.39 is 23.4 Å². The summed E-state index contributed by atoms with van der Waals surface area (Å²) in [4.78, 5) is 35.3. The van der Waals surface area contributed by atoms with Gasteiger partial charge in [-0.3, -0.25) is 9.59 Å². The van der Waals surface area contributed by atoms with Crippen molar-refractivity contribution in [2.75, 3.05) is 26.7 Å². The van der Waals surface area contributed by atoms with Crippen LogP contribution in [0.3, 0.4) is 0 Å². The third-order valence-electron chi connectivity index (χ3n) is 2.59. The summed E-state index contributed by atoms with van der Waals surface area (Å²) >= 11 is 0. The molecule has 0 fully saturated rings. The van der Waals surface area contributed by atoms with Crippen molar-refractivity contribution in [3.05, 3.63) is 0 Å². The van der Waals surface area contributed by atoms with Gasteiger partial charge in [0.05, 0.1) is 12.5 Å². The number of esters is 1. The zero-order valence-corrected chi connectivity index (χ0v) is 11.9. The smallest absolute Gasteiger partial charge is 0.325 e. The number of amides is 2. The molecule has 0 aromatic rings. The highest BCUT2D eigenvalue weighted by molar-refractivity contribution is 5.81. The van der Waals surface area contributed by atoms with Crippen LogP contribution in [0.15, 0.2) is 0 Å². The highest BCUT2D eigenvalue weighted by Gasteiger charge is 2.28. The molecule has 7 heteroatoms. The van der Waals surface area contributed by atoms with E-state index in [1.807, 2.05) is 6.92 Å². The fraction of sp³-hybridized carbons (Fsp3) is 0.750. The molecule has 0 spiro atoms. The number of nitrogens with one attached hydrogen (secondary N) is 1. The van der Waals surface area contributed by atoms with Gasteiger partial charge in [-0.1, -0.05) is 6.92 Å². The van der Waals surface area contributed by atoms with Gasteiger partial charge >= 0.3 is 18.0 Å². The molecule has 2 N–H and O–H groups in total. The van der Waals surface area contributed by atoms with Gasteiger partial charge in [0, 0.05) is 13.1 Å². The molecule has 110 valence electrons. The van der Waals surface area contributed by atoms with Gasteiger partial charge < -0.3 is 20.1 Å². The first kappa shape index (κ1) is 17.2. The molecule has 0 aliphatic carbocycles. The fourth-order valence-electron chi connectivity index (χ4n) is 1.23. The van der Waals surface area contributed by atoms with Crippen molar-refractivity contribution in [2.45, 2.75) is 27.2 Å². The molecule has 19 heavy (non-hydrogen) atoms. The lowest BCUT2D eigenvalue weighted by atomic mass is 9.94. The predicted octanol–water partition coefficient (Wildman–Crippen LogP) is 0.692. The summed E-state index contributed by atoms with van der Waals surface area (Å²) in [5, 5.41) is 11.5. The van der Waals surface area contributed by atoms with Crippen molar-refractivity contribution < 1.29 is 24.2 Å². The summed E-state index contributed by atoms with van der Waals surface area (Å²) in [5.74, 6) is -1.51. The quantitative estimate of drug-likeness (QED) is 0.666. The van der Waals surface area contributed by atoms with Crippen molar-refractivity contribution in [3.63, 3.8) is 0 Å². The third kappa shape index (κ3) is 6.08. The van der Waals surface area contributed by atoms with Crippen molar-refractivity contribution in [1.29, 1.82) is 0 Å². The van der Waals surface area contributed by atoms with Crippen molar-refractivity contribution >= 4 is 18.0 Å². The molecule has 0 aliphatic rings. The molecule has 0 atom stereocenters. The van der Waals surface area contributed by atoms with E-state index in [1.165, 1.54) is 25.9 Å². The van der Waals surface area contributed by atoms with E-state index in [0.29, 0.717) is 13.0 Å². The molecule has 0 rings (SSSR count). The predicted molar refractivity (Wildman–Crippen MR) is 68.7 cm³/mol. The Kier molecular flexibility index (Phi) is 6.89. The molecule has 0 aromatic carbocycles. The minimum atomic E-state index is -1.06. The molecule has 2 amide bonds. The fourth-order valence-corrected chi connectivity index (χ4v) is 1.23. The van der Waals surface area contributed by atoms with Crippen LogP contribution in [0.1, 0.15) is 27.2 Å². The van der Waals surface area contributed by atoms with E-state index in [1.54, 1.807) is 0 Å². The van der Waals surface area contributed by atoms with E-state index in [9.17, 15) is 14.4 Å². The first-order chi connectivity index (χ1) is 8.74. The Morgan fingerprint density at radius 1 is 1.32 bits per heavy atom. The maximum atomic E-state index is 11.9. The number of urea groups is 1. The number of ether oxygens (including phenoxy) is 1. The van der Waals surface area contributed by atoms with Gasteiger partial charge in [-0.05, 0) is 20.3 Å². The summed E-state index contributed by atoms with van der Waals surface area (Å²) < 4.78 is 4.51. The molecule has 0 heterocycles. The van der Waals surface area contributed by atoms with Crippen LogP contribution in [0.4, 0.5) is 4.79 Å². The number of carboxylic acids is 1. The average Bonchev–Trinajstić information content (AvgIpc) is 2.35. The molecule has 0 saturated heterocycles. The molecule has 0 bridgehead atoms. The average molecular weight is 274 g/mol. The Hall–Kier alpha value is -1.79. The van der Waals surface area contributed by atoms with E-state index >= 15 is 0 Å². The van der Waals surface area contributed by atoms with Crippen LogP contribution in [0.2, 0.25) is 0 Å². The monoisotopic (exact) mass is 274 g/mol. The Morgan fingerprint density at radius 3 is 2.32 bits per heavy atom. The highest BCUT2D eigenvalue weighted by atomic mass is 16.5. The standard InChI is InChI=1S/C12H22N2O5/c1-5-6-14(7-9(15)19-4)11(18)13-8-12(2,3)10(16)17/h5-8H2,1-4H3,(H,13,18)(H,16,17). The number of carbonyl (C=O) groups excluding carboxylic acids is 2. The van der Waals surface area contributed by atoms with Gasteiger partial charge in [0.25, 0.3) is 0 Å². The number of hydrogen-bond acceptors (Lipinski definition) is 4. The van der Waals surface area contributed by atoms with Crippen molar-refractivity contribution in [1.82, 2.24) is 10.2 Å². The van der Waals surface area contributed by atoms with Gasteiger partial charge in [0.15, 0.2) is 0 Å². The second kappa shape index (κ2) is 7.60. The van der Waals surface area contributed by atoms with Crippen LogP contribution in [-0.2, 0) is 14.3 Å². The number of carbonyl (C=O) groups is 3. The maximum absolute atomic E-state index is 11.9. The Morgan fingerprint density at radius 2 is 1.89 bits per heavy atom. The summed E-state index contributed by atoms with van der Waals surface area (Å²) in [6, 6.07) is -0.471. The molecule has 0 aliphatic heterocycles. The maximum Gasteiger partial charge on any atom is 0.325 e. The van der Waals surface area contributed by atoms with Crippen LogP contribution in [0, 0.1) is 5.41 Å². The van der Waals surface area contributed by atoms with Gasteiger partial charge in [-0.25, -0.2) is 4.79 Å². The first-order valence-electron chi connectivity index (χ1n) is 6.07. The molecular formula is C12H22N2O5. The van der Waals surface area contributed by atoms with Crippen LogP contribution in [0.5, 0.6) is 0 Å². The van der Waals surface area contributed by atoms with Gasteiger partial charge in [0.2, 0.25) is 0 Å². The minimum Gasteiger partial charge on any atom is -0.481 e. The minimum absolute atomic E-state index is 0.0114. The number of rotatable bonds is 7. The summed E-state index contributed by atoms with van der Waals surface area (Å²) in [6.45, 7) is 5.14. The van der Waals surface area contributed by atoms with E-state index in [4.69, 9.17) is 5.11 Å². The van der Waals surface area contributed by atoms with Crippen molar-refractivity contribution in [2.24, 2.45) is 5.41 Å². The number of nitrogens with zero attached hydrogens (tertiary/aromatic N) is 1. The Bertz CT molecular complexity index is 341. The highest BCUT2D eigenvalue weighted by Crippen LogP contribution is 2.13. The lowest BCUT2D eigenvalue weighted by molar-refractivity contribution is -0.146. The third-order valence-corrected chi connectivity index (χ3v) is 2.59. The summed E-state index contributed by atoms with van der Waals surface area (Å²) in [7, 11) is 1.25. The van der Waals surface area contributed by atoms with Gasteiger partial charge in [-0.15, -0.1) is 0 Å². The Labute approximate surface area is 112 Å². The molecule has 0 unspecified atom stereocenters. The van der Waals surface area contributed by atoms with Gasteiger partial charge in [0.1, 0.15) is 6.54 Å². The number of methoxy groups -OCH3 is 1. The Balaban J connectivity index is 4.48. The molecular weight excluding hydrogens is 252 g/mol. The summed E-state index contributed by atoms with van der Waals surface area (Å²) in [5.41, 5.74) is -1.06. The van der Waals surface area contributed by atoms with Crippen molar-refractivity contribution in [3.8, 4) is 0 Å². The zero-order chi connectivity index (χ0) is 15.1. The largest absolute Gasteiger partial charge is 0.481 e. The van der Waals surface area contributed by atoms with Gasteiger partial charge in [-0.2, -0.15) is 0 Å². The zero-order valence-electron chi connectivity index (χ0n) is 11.9. The van der Waals surface area contributed by atoms with Crippen LogP contribution >= 0.6 is 0 Å². The molecule has 0 radical (unpaired) electrons. The number of hydrogen-bond donors (Lipinski definition) is 2. The molecule has 7 nitrogen and oxygen atoms in total. The van der Waals surface area contributed by atoms with Crippen LogP contribution in [0.25, 0.3) is 0 Å². The summed E-state index contributed by atoms with van der Waals surface area (Å²) in [6.07, 6.45) is 0.687. The molecule has 0 aromatic heterocycles. The second-order valence-electron chi connectivity index (χ2n) is 4.85. The first-order valence-corrected chi connectivity index (χ1v) is 6.07. The molecule has 0 saturated carbocycles. The van der Waals surface area contributed by atoms with E-state index in [-0.39, 0.29) is 13.1 Å². The van der Waals surface area contributed by atoms with E-state index in [0.717, 1.165) is 0 Å². The van der Waals surface area contributed by atoms with Crippen LogP contribution in [-0.4, -0.2) is 54.7 Å². The number of carboxylic acid groups (broad SMARTS) is 1. The normalized spacial score (nSPS) is 10.7.